The van der Waals surface area contributed by atoms with E-state index in [1.165, 1.54) is 21.4 Å². The third kappa shape index (κ3) is 2.70. The molecule has 15 heavy (non-hydrogen) atoms. The Labute approximate surface area is 103 Å². The van der Waals surface area contributed by atoms with Crippen LogP contribution in [0.2, 0.25) is 0 Å². The summed E-state index contributed by atoms with van der Waals surface area (Å²) in [6.45, 7) is 4.32. The van der Waals surface area contributed by atoms with Crippen molar-refractivity contribution in [1.82, 2.24) is 4.98 Å². The molecule has 3 unspecified atom stereocenters. The minimum absolute atomic E-state index is 0.118. The molecule has 2 rings (SSSR count). The number of thioether (sulfide) groups is 2. The molecule has 5 heteroatoms. The second kappa shape index (κ2) is 5.08. The first kappa shape index (κ1) is 11.8. The first-order chi connectivity index (χ1) is 7.18. The van der Waals surface area contributed by atoms with Gasteiger partial charge in [0.05, 0.1) is 5.25 Å². The van der Waals surface area contributed by atoms with Crippen molar-refractivity contribution in [3.63, 3.8) is 0 Å². The van der Waals surface area contributed by atoms with Gasteiger partial charge in [-0.2, -0.15) is 11.8 Å². The van der Waals surface area contributed by atoms with E-state index in [0.717, 1.165) is 0 Å². The van der Waals surface area contributed by atoms with Crippen molar-refractivity contribution in [2.24, 2.45) is 5.73 Å². The lowest BCUT2D eigenvalue weighted by Gasteiger charge is -2.25. The Hall–Kier alpha value is 0.290. The van der Waals surface area contributed by atoms with Gasteiger partial charge in [0.15, 0.2) is 0 Å². The highest BCUT2D eigenvalue weighted by Crippen LogP contribution is 2.43. The monoisotopic (exact) mass is 260 g/mol. The highest BCUT2D eigenvalue weighted by Gasteiger charge is 2.26. The van der Waals surface area contributed by atoms with E-state index in [2.05, 4.69) is 23.7 Å². The molecule has 0 radical (unpaired) electrons. The summed E-state index contributed by atoms with van der Waals surface area (Å²) in [5.41, 5.74) is 5.85. The van der Waals surface area contributed by atoms with Crippen LogP contribution in [0.3, 0.4) is 0 Å². The van der Waals surface area contributed by atoms with E-state index in [4.69, 9.17) is 5.73 Å². The van der Waals surface area contributed by atoms with Crippen molar-refractivity contribution >= 4 is 34.9 Å². The zero-order valence-electron chi connectivity index (χ0n) is 8.97. The van der Waals surface area contributed by atoms with Gasteiger partial charge in [-0.3, -0.25) is 0 Å². The fourth-order valence-electron chi connectivity index (χ4n) is 1.55. The molecule has 0 bridgehead atoms. The van der Waals surface area contributed by atoms with Crippen molar-refractivity contribution in [1.29, 1.82) is 0 Å². The summed E-state index contributed by atoms with van der Waals surface area (Å²) >= 11 is 5.87. The number of nitrogens with zero attached hydrogens (tertiary/aromatic N) is 1. The maximum atomic E-state index is 5.85. The number of hydrogen-bond donors (Lipinski definition) is 1. The van der Waals surface area contributed by atoms with Crippen LogP contribution in [-0.4, -0.2) is 21.7 Å². The second-order valence-electron chi connectivity index (χ2n) is 3.76. The van der Waals surface area contributed by atoms with Crippen LogP contribution in [0, 0.1) is 0 Å². The van der Waals surface area contributed by atoms with E-state index in [1.54, 1.807) is 11.3 Å². The van der Waals surface area contributed by atoms with Gasteiger partial charge in [-0.25, -0.2) is 4.98 Å². The molecule has 3 atom stereocenters. The molecule has 1 saturated heterocycles. The van der Waals surface area contributed by atoms with Crippen LogP contribution in [-0.2, 0) is 0 Å². The predicted molar refractivity (Wildman–Crippen MR) is 71.8 cm³/mol. The highest BCUT2D eigenvalue weighted by atomic mass is 32.2. The number of nitrogens with two attached hydrogens (primary N) is 1. The van der Waals surface area contributed by atoms with Gasteiger partial charge in [0.25, 0.3) is 0 Å². The molecule has 84 valence electrons. The lowest BCUT2D eigenvalue weighted by Crippen LogP contribution is -2.15. The maximum Gasteiger partial charge on any atom is 0.107 e. The fourth-order valence-corrected chi connectivity index (χ4v) is 5.58. The quantitative estimate of drug-likeness (QED) is 0.887. The summed E-state index contributed by atoms with van der Waals surface area (Å²) in [7, 11) is 0. The molecule has 0 amide bonds. The zero-order chi connectivity index (χ0) is 10.8. The van der Waals surface area contributed by atoms with E-state index in [1.807, 2.05) is 24.9 Å². The third-order valence-corrected chi connectivity index (χ3v) is 6.95. The Morgan fingerprint density at radius 2 is 2.20 bits per heavy atom. The number of thiazole rings is 1. The Bertz CT molecular complexity index is 324. The molecule has 1 aliphatic heterocycles. The van der Waals surface area contributed by atoms with Crippen molar-refractivity contribution in [3.05, 3.63) is 16.1 Å². The summed E-state index contributed by atoms with van der Waals surface area (Å²) in [5.74, 6) is 2.51. The van der Waals surface area contributed by atoms with E-state index in [-0.39, 0.29) is 6.04 Å². The molecule has 1 fully saturated rings. The Morgan fingerprint density at radius 3 is 2.80 bits per heavy atom. The summed E-state index contributed by atoms with van der Waals surface area (Å²) in [5, 5.41) is 2.50. The van der Waals surface area contributed by atoms with Crippen LogP contribution in [0.15, 0.2) is 6.20 Å². The average molecular weight is 260 g/mol. The number of aromatic nitrogens is 1. The predicted octanol–water partition coefficient (Wildman–Crippen LogP) is 3.07. The first-order valence-electron chi connectivity index (χ1n) is 5.13. The number of hydrogen-bond acceptors (Lipinski definition) is 5. The fraction of sp³-hybridized carbons (Fsp3) is 0.700. The molecule has 1 aliphatic rings. The molecule has 0 aromatic carbocycles. The molecule has 2 nitrogen and oxygen atoms in total. The maximum absolute atomic E-state index is 5.85. The Morgan fingerprint density at radius 1 is 1.47 bits per heavy atom. The lowest BCUT2D eigenvalue weighted by atomic mass is 10.3. The minimum atomic E-state index is 0.118. The van der Waals surface area contributed by atoms with Gasteiger partial charge >= 0.3 is 0 Å². The van der Waals surface area contributed by atoms with Gasteiger partial charge < -0.3 is 5.73 Å². The van der Waals surface area contributed by atoms with Crippen molar-refractivity contribution in [3.8, 4) is 0 Å². The van der Waals surface area contributed by atoms with Gasteiger partial charge in [-0.1, -0.05) is 6.92 Å². The first-order valence-corrected chi connectivity index (χ1v) is 8.04. The van der Waals surface area contributed by atoms with Crippen LogP contribution in [0.25, 0.3) is 0 Å². The van der Waals surface area contributed by atoms with Gasteiger partial charge in [-0.15, -0.1) is 23.1 Å². The van der Waals surface area contributed by atoms with Crippen molar-refractivity contribution < 1.29 is 0 Å². The van der Waals surface area contributed by atoms with E-state index in [9.17, 15) is 0 Å². The van der Waals surface area contributed by atoms with Gasteiger partial charge in [0.2, 0.25) is 0 Å². The van der Waals surface area contributed by atoms with Crippen LogP contribution >= 0.6 is 34.9 Å². The Kier molecular flexibility index (Phi) is 3.98. The molecular formula is C10H16N2S3. The Balaban J connectivity index is 2.13. The standard InChI is InChI=1S/C10H16N2S3/c1-6(11)8-5-12-10(15-8)9-7(2)13-3-4-14-9/h5-7,9H,3-4,11H2,1-2H3. The topological polar surface area (TPSA) is 38.9 Å². The molecular weight excluding hydrogens is 244 g/mol. The summed E-state index contributed by atoms with van der Waals surface area (Å²) < 4.78 is 0. The molecule has 1 aromatic heterocycles. The third-order valence-electron chi connectivity index (χ3n) is 2.42. The van der Waals surface area contributed by atoms with E-state index >= 15 is 0 Å². The van der Waals surface area contributed by atoms with Crippen LogP contribution < -0.4 is 5.73 Å². The van der Waals surface area contributed by atoms with E-state index in [0.29, 0.717) is 10.5 Å². The van der Waals surface area contributed by atoms with E-state index < -0.39 is 0 Å². The lowest BCUT2D eigenvalue weighted by molar-refractivity contribution is 0.834. The van der Waals surface area contributed by atoms with Crippen molar-refractivity contribution in [2.75, 3.05) is 11.5 Å². The van der Waals surface area contributed by atoms with Crippen LogP contribution in [0.5, 0.6) is 0 Å². The summed E-state index contributed by atoms with van der Waals surface area (Å²) in [6, 6.07) is 0.118. The normalized spacial score (nSPS) is 29.0. The molecule has 1 aromatic rings. The van der Waals surface area contributed by atoms with Gasteiger partial charge in [0.1, 0.15) is 5.01 Å². The van der Waals surface area contributed by atoms with Gasteiger partial charge in [-0.05, 0) is 6.92 Å². The van der Waals surface area contributed by atoms with Crippen LogP contribution in [0.4, 0.5) is 0 Å². The average Bonchev–Trinajstić information content (AvgIpc) is 2.67. The SMILES string of the molecule is CC(N)c1cnc(C2SCCSC2C)s1. The minimum Gasteiger partial charge on any atom is -0.323 e. The molecule has 0 spiro atoms. The molecule has 2 heterocycles. The smallest absolute Gasteiger partial charge is 0.107 e. The molecule has 0 saturated carbocycles. The second-order valence-corrected chi connectivity index (χ2v) is 7.59. The molecule has 2 N–H and O–H groups in total. The summed E-state index contributed by atoms with van der Waals surface area (Å²) in [6.07, 6.45) is 1.94. The zero-order valence-corrected chi connectivity index (χ0v) is 11.4. The van der Waals surface area contributed by atoms with Crippen LogP contribution in [0.1, 0.15) is 35.0 Å². The molecule has 0 aliphatic carbocycles. The summed E-state index contributed by atoms with van der Waals surface area (Å²) in [4.78, 5) is 5.72. The van der Waals surface area contributed by atoms with Gasteiger partial charge in [0, 0.05) is 33.9 Å². The largest absolute Gasteiger partial charge is 0.323 e. The van der Waals surface area contributed by atoms with Crippen molar-refractivity contribution in [2.45, 2.75) is 30.4 Å². The highest BCUT2D eigenvalue weighted by molar-refractivity contribution is 8.06. The number of rotatable bonds is 2.